The molecule has 1 fully saturated rings. The number of nitrogens with two attached hydrogens (primary N) is 1. The average Bonchev–Trinajstić information content (AvgIpc) is 2.92. The van der Waals surface area contributed by atoms with Crippen LogP contribution < -0.4 is 16.4 Å². The van der Waals surface area contributed by atoms with E-state index < -0.39 is 47.1 Å². The van der Waals surface area contributed by atoms with Crippen molar-refractivity contribution in [2.24, 2.45) is 5.73 Å². The van der Waals surface area contributed by atoms with Gasteiger partial charge in [-0.05, 0) is 37.5 Å². The summed E-state index contributed by atoms with van der Waals surface area (Å²) in [6, 6.07) is 17.1. The Morgan fingerprint density at radius 1 is 1.07 bits per heavy atom. The SMILES string of the molecule is CC(C)(C)OC(=O)N[C@@H]1C(=O)N2C(C(=O)OC(c3ccccc3)c3ccccc3)=C(/C=C\CNC(N)=O)CS[C@H]12. The summed E-state index contributed by atoms with van der Waals surface area (Å²) in [5, 5.41) is 4.57. The summed E-state index contributed by atoms with van der Waals surface area (Å²) in [4.78, 5) is 51.9. The van der Waals surface area contributed by atoms with Gasteiger partial charge in [0.05, 0.1) is 0 Å². The first-order chi connectivity index (χ1) is 19.0. The van der Waals surface area contributed by atoms with Crippen LogP contribution in [-0.4, -0.2) is 58.2 Å². The number of rotatable bonds is 8. The van der Waals surface area contributed by atoms with Crippen LogP contribution in [0.3, 0.4) is 0 Å². The summed E-state index contributed by atoms with van der Waals surface area (Å²) in [5.74, 6) is -0.776. The lowest BCUT2D eigenvalue weighted by molar-refractivity contribution is -0.153. The minimum absolute atomic E-state index is 0.0863. The van der Waals surface area contributed by atoms with Gasteiger partial charge in [0.25, 0.3) is 5.91 Å². The first-order valence-electron chi connectivity index (χ1n) is 12.7. The van der Waals surface area contributed by atoms with Crippen molar-refractivity contribution < 1.29 is 28.7 Å². The summed E-state index contributed by atoms with van der Waals surface area (Å²) in [6.07, 6.45) is 1.87. The van der Waals surface area contributed by atoms with Crippen LogP contribution >= 0.6 is 11.8 Å². The number of ether oxygens (including phenoxy) is 2. The molecule has 0 spiro atoms. The summed E-state index contributed by atoms with van der Waals surface area (Å²) < 4.78 is 11.4. The van der Waals surface area contributed by atoms with Crippen LogP contribution in [0.2, 0.25) is 0 Å². The summed E-state index contributed by atoms with van der Waals surface area (Å²) in [7, 11) is 0. The number of fused-ring (bicyclic) bond motifs is 1. The van der Waals surface area contributed by atoms with E-state index in [0.717, 1.165) is 11.1 Å². The van der Waals surface area contributed by atoms with E-state index in [2.05, 4.69) is 10.6 Å². The Kier molecular flexibility index (Phi) is 8.83. The molecule has 4 amide bonds. The van der Waals surface area contributed by atoms with Gasteiger partial charge in [-0.1, -0.05) is 72.8 Å². The van der Waals surface area contributed by atoms with E-state index >= 15 is 0 Å². The minimum Gasteiger partial charge on any atom is -0.448 e. The molecule has 2 aliphatic heterocycles. The van der Waals surface area contributed by atoms with Crippen LogP contribution in [0.25, 0.3) is 0 Å². The number of urea groups is 1. The van der Waals surface area contributed by atoms with E-state index in [1.807, 2.05) is 60.7 Å². The highest BCUT2D eigenvalue weighted by Crippen LogP contribution is 2.42. The molecule has 4 rings (SSSR count). The van der Waals surface area contributed by atoms with Crippen LogP contribution in [0.5, 0.6) is 0 Å². The second-order valence-corrected chi connectivity index (χ2v) is 11.3. The number of hydrogen-bond acceptors (Lipinski definition) is 7. The van der Waals surface area contributed by atoms with Gasteiger partial charge in [-0.3, -0.25) is 9.69 Å². The number of primary amides is 1. The van der Waals surface area contributed by atoms with Gasteiger partial charge in [-0.15, -0.1) is 11.8 Å². The van der Waals surface area contributed by atoms with Crippen molar-refractivity contribution in [1.29, 1.82) is 0 Å². The van der Waals surface area contributed by atoms with Crippen LogP contribution in [0.4, 0.5) is 9.59 Å². The maximum absolute atomic E-state index is 13.8. The molecule has 11 heteroatoms. The molecule has 2 aliphatic rings. The van der Waals surface area contributed by atoms with Gasteiger partial charge in [0.2, 0.25) is 0 Å². The molecule has 4 N–H and O–H groups in total. The highest BCUT2D eigenvalue weighted by atomic mass is 32.2. The van der Waals surface area contributed by atoms with Crippen LogP contribution in [0, 0.1) is 0 Å². The Morgan fingerprint density at radius 2 is 1.68 bits per heavy atom. The lowest BCUT2D eigenvalue weighted by Gasteiger charge is -2.49. The quantitative estimate of drug-likeness (QED) is 0.329. The van der Waals surface area contributed by atoms with Crippen molar-refractivity contribution in [3.05, 3.63) is 95.2 Å². The van der Waals surface area contributed by atoms with Gasteiger partial charge in [-0.25, -0.2) is 14.4 Å². The molecule has 0 bridgehead atoms. The first kappa shape index (κ1) is 28.8. The Balaban J connectivity index is 1.63. The molecule has 40 heavy (non-hydrogen) atoms. The van der Waals surface area contributed by atoms with E-state index in [-0.39, 0.29) is 12.2 Å². The van der Waals surface area contributed by atoms with Crippen LogP contribution in [0.1, 0.15) is 38.0 Å². The summed E-state index contributed by atoms with van der Waals surface area (Å²) in [6.45, 7) is 5.34. The van der Waals surface area contributed by atoms with E-state index in [1.54, 1.807) is 32.9 Å². The number of carbonyl (C=O) groups excluding carboxylic acids is 4. The summed E-state index contributed by atoms with van der Waals surface area (Å²) >= 11 is 1.40. The Hall–Kier alpha value is -4.25. The zero-order valence-corrected chi connectivity index (χ0v) is 23.3. The number of carbonyl (C=O) groups is 4. The number of thioether (sulfide) groups is 1. The molecular weight excluding hydrogens is 532 g/mol. The largest absolute Gasteiger partial charge is 0.448 e. The highest BCUT2D eigenvalue weighted by Gasteiger charge is 2.54. The lowest BCUT2D eigenvalue weighted by atomic mass is 10.0. The first-order valence-corrected chi connectivity index (χ1v) is 13.8. The van der Waals surface area contributed by atoms with Crippen molar-refractivity contribution in [3.63, 3.8) is 0 Å². The molecule has 0 saturated carbocycles. The fraction of sp³-hybridized carbons (Fsp3) is 0.310. The van der Waals surface area contributed by atoms with Crippen molar-refractivity contribution >= 4 is 35.8 Å². The van der Waals surface area contributed by atoms with Crippen molar-refractivity contribution in [2.45, 2.75) is 43.9 Å². The number of hydrogen-bond donors (Lipinski definition) is 3. The maximum atomic E-state index is 13.8. The third-order valence-corrected chi connectivity index (χ3v) is 7.31. The second kappa shape index (κ2) is 12.3. The Labute approximate surface area is 236 Å². The van der Waals surface area contributed by atoms with E-state index in [0.29, 0.717) is 11.3 Å². The van der Waals surface area contributed by atoms with Gasteiger partial charge >= 0.3 is 18.1 Å². The van der Waals surface area contributed by atoms with Gasteiger partial charge in [-0.2, -0.15) is 0 Å². The fourth-order valence-corrected chi connectivity index (χ4v) is 5.62. The molecular formula is C29H32N4O6S. The van der Waals surface area contributed by atoms with E-state index in [9.17, 15) is 19.2 Å². The minimum atomic E-state index is -0.858. The topological polar surface area (TPSA) is 140 Å². The molecule has 1 saturated heterocycles. The monoisotopic (exact) mass is 564 g/mol. The number of alkyl carbamates (subject to hydrolysis) is 1. The number of allylic oxidation sites excluding steroid dienone is 1. The molecule has 210 valence electrons. The van der Waals surface area contributed by atoms with Gasteiger partial charge in [0.1, 0.15) is 22.7 Å². The number of β-lactam (4-membered cyclic amide) rings is 1. The molecule has 0 aliphatic carbocycles. The molecule has 2 aromatic carbocycles. The zero-order valence-electron chi connectivity index (χ0n) is 22.5. The predicted octanol–water partition coefficient (Wildman–Crippen LogP) is 3.61. The third-order valence-electron chi connectivity index (χ3n) is 6.01. The maximum Gasteiger partial charge on any atom is 0.408 e. The number of benzene rings is 2. The molecule has 2 heterocycles. The molecule has 2 atom stereocenters. The van der Waals surface area contributed by atoms with Gasteiger partial charge in [0.15, 0.2) is 6.10 Å². The average molecular weight is 565 g/mol. The Morgan fingerprint density at radius 3 is 2.23 bits per heavy atom. The van der Waals surface area contributed by atoms with Crippen LogP contribution in [0.15, 0.2) is 84.1 Å². The van der Waals surface area contributed by atoms with Crippen LogP contribution in [-0.2, 0) is 19.1 Å². The molecule has 0 radical (unpaired) electrons. The second-order valence-electron chi connectivity index (χ2n) is 10.2. The van der Waals surface area contributed by atoms with Gasteiger partial charge in [0, 0.05) is 12.3 Å². The predicted molar refractivity (Wildman–Crippen MR) is 151 cm³/mol. The Bertz CT molecular complexity index is 1280. The molecule has 0 unspecified atom stereocenters. The van der Waals surface area contributed by atoms with Crippen molar-refractivity contribution in [3.8, 4) is 0 Å². The fourth-order valence-electron chi connectivity index (χ4n) is 4.30. The number of nitrogens with one attached hydrogen (secondary N) is 2. The molecule has 10 nitrogen and oxygen atoms in total. The summed E-state index contributed by atoms with van der Waals surface area (Å²) in [5.41, 5.74) is 6.58. The number of esters is 1. The number of amides is 4. The van der Waals surface area contributed by atoms with Crippen molar-refractivity contribution in [1.82, 2.24) is 15.5 Å². The van der Waals surface area contributed by atoms with Gasteiger partial charge < -0.3 is 25.8 Å². The number of nitrogens with zero attached hydrogens (tertiary/aromatic N) is 1. The van der Waals surface area contributed by atoms with Crippen molar-refractivity contribution in [2.75, 3.05) is 12.3 Å². The standard InChI is InChI=1S/C29H32N4O6S/c1-29(2,3)39-28(37)32-21-24(34)33-22(20(17-40-25(21)33)15-10-16-31-27(30)36)26(35)38-23(18-11-6-4-7-12-18)19-13-8-5-9-14-19/h4-15,21,23,25H,16-17H2,1-3H3,(H,32,37)(H3,30,31,36)/b15-10-/t21-,25-/m1/s1. The normalized spacial score (nSPS) is 18.7. The third kappa shape index (κ3) is 6.84. The highest BCUT2D eigenvalue weighted by molar-refractivity contribution is 8.00. The van der Waals surface area contributed by atoms with E-state index in [4.69, 9.17) is 15.2 Å². The molecule has 2 aromatic rings. The smallest absolute Gasteiger partial charge is 0.408 e. The zero-order chi connectivity index (χ0) is 28.9. The molecule has 0 aromatic heterocycles. The lowest BCUT2D eigenvalue weighted by Crippen LogP contribution is -2.70. The van der Waals surface area contributed by atoms with E-state index in [1.165, 1.54) is 16.7 Å².